The Hall–Kier alpha value is -1.67. The molecule has 1 amide bonds. The minimum absolute atomic E-state index is 1.06. The quantitative estimate of drug-likeness (QED) is 0.300. The van der Waals surface area contributed by atoms with Crippen LogP contribution in [-0.4, -0.2) is 72.9 Å². The van der Waals surface area contributed by atoms with E-state index < -0.39 is 82.9 Å². The predicted molar refractivity (Wildman–Crippen MR) is 74.4 cm³/mol. The van der Waals surface area contributed by atoms with Gasteiger partial charge in [0.2, 0.25) is 5.91 Å². The molecule has 0 saturated carbocycles. The lowest BCUT2D eigenvalue weighted by atomic mass is 9.89. The van der Waals surface area contributed by atoms with Crippen molar-refractivity contribution in [2.24, 2.45) is 0 Å². The molecule has 0 unspecified atom stereocenters. The number of carbonyl (C=O) groups is 1. The SMILES string of the molecule is O=C(CCC(F)(F)C(F)(F)C(F)(F)C(F)(F)C(F)(F)C(F)(F)C(F)(F)F)NCCS(=O)(=O)O. The molecule has 0 aliphatic heterocycles. The van der Waals surface area contributed by atoms with E-state index in [9.17, 15) is 79.1 Å². The minimum atomic E-state index is -8.41. The molecule has 0 aromatic carbocycles. The number of amides is 1. The van der Waals surface area contributed by atoms with Crippen LogP contribution < -0.4 is 5.32 Å². The molecule has 0 fully saturated rings. The summed E-state index contributed by atoms with van der Waals surface area (Å²) in [6, 6.07) is 0. The van der Waals surface area contributed by atoms with E-state index in [0.29, 0.717) is 0 Å². The third-order valence-electron chi connectivity index (χ3n) is 3.74. The van der Waals surface area contributed by atoms with Crippen molar-refractivity contribution in [2.45, 2.75) is 54.6 Å². The van der Waals surface area contributed by atoms with Crippen LogP contribution in [0.15, 0.2) is 0 Å². The maximum Gasteiger partial charge on any atom is 0.460 e. The zero-order valence-electron chi connectivity index (χ0n) is 15.1. The highest BCUT2D eigenvalue weighted by atomic mass is 32.2. The fourth-order valence-electron chi connectivity index (χ4n) is 1.83. The summed E-state index contributed by atoms with van der Waals surface area (Å²) in [4.78, 5) is 11.1. The highest BCUT2D eigenvalue weighted by Gasteiger charge is 2.93. The van der Waals surface area contributed by atoms with Gasteiger partial charge in [-0.05, 0) is 0 Å². The number of nitrogens with one attached hydrogen (secondary N) is 1. The first-order valence-corrected chi connectivity index (χ1v) is 9.26. The van der Waals surface area contributed by atoms with Crippen molar-refractivity contribution in [3.63, 3.8) is 0 Å². The van der Waals surface area contributed by atoms with E-state index >= 15 is 0 Å². The molecule has 0 saturated heterocycles. The molecule has 33 heavy (non-hydrogen) atoms. The van der Waals surface area contributed by atoms with E-state index in [1.807, 2.05) is 0 Å². The lowest BCUT2D eigenvalue weighted by Crippen LogP contribution is -2.72. The van der Waals surface area contributed by atoms with E-state index in [1.165, 1.54) is 5.32 Å². The van der Waals surface area contributed by atoms with Crippen molar-refractivity contribution < 1.29 is 83.6 Å². The van der Waals surface area contributed by atoms with Gasteiger partial charge in [0.25, 0.3) is 10.1 Å². The van der Waals surface area contributed by atoms with E-state index in [0.717, 1.165) is 0 Å². The van der Waals surface area contributed by atoms with Crippen molar-refractivity contribution >= 4 is 16.0 Å². The molecular weight excluding hydrogens is 539 g/mol. The van der Waals surface area contributed by atoms with Gasteiger partial charge in [-0.3, -0.25) is 9.35 Å². The number of alkyl halides is 15. The van der Waals surface area contributed by atoms with Crippen LogP contribution in [0.4, 0.5) is 65.9 Å². The van der Waals surface area contributed by atoms with Crippen LogP contribution >= 0.6 is 0 Å². The normalized spacial score (nSPS) is 15.5. The van der Waals surface area contributed by atoms with Crippen LogP contribution in [-0.2, 0) is 14.9 Å². The molecule has 0 aliphatic carbocycles. The summed E-state index contributed by atoms with van der Waals surface area (Å²) in [5.41, 5.74) is 0. The van der Waals surface area contributed by atoms with Crippen LogP contribution in [0.1, 0.15) is 12.8 Å². The molecule has 0 aromatic rings. The molecule has 0 spiro atoms. The molecule has 0 bridgehead atoms. The molecule has 0 heterocycles. The summed E-state index contributed by atoms with van der Waals surface area (Å²) >= 11 is 0. The van der Waals surface area contributed by atoms with Gasteiger partial charge in [0.15, 0.2) is 0 Å². The summed E-state index contributed by atoms with van der Waals surface area (Å²) < 4.78 is 223. The van der Waals surface area contributed by atoms with Crippen LogP contribution in [0.2, 0.25) is 0 Å². The van der Waals surface area contributed by atoms with Gasteiger partial charge in [0.05, 0.1) is 5.75 Å². The minimum Gasteiger partial charge on any atom is -0.355 e. The molecule has 198 valence electrons. The zero-order chi connectivity index (χ0) is 27.1. The standard InChI is InChI=1S/C12H10F15NO4S/c13-6(14,2-1-5(29)28-3-4-33(30,31)32)7(15,16)8(17,18)9(19,20)10(21,22)11(23,24)12(25,26)27/h1-4H2,(H,28,29)(H,30,31,32). The van der Waals surface area contributed by atoms with Crippen molar-refractivity contribution in [1.82, 2.24) is 5.32 Å². The Balaban J connectivity index is 5.88. The Morgan fingerprint density at radius 3 is 1.39 bits per heavy atom. The largest absolute Gasteiger partial charge is 0.460 e. The van der Waals surface area contributed by atoms with Gasteiger partial charge in [-0.1, -0.05) is 0 Å². The maximum absolute atomic E-state index is 13.5. The van der Waals surface area contributed by atoms with E-state index in [1.54, 1.807) is 0 Å². The average Bonchev–Trinajstić information content (AvgIpc) is 2.57. The van der Waals surface area contributed by atoms with Crippen LogP contribution in [0, 0.1) is 0 Å². The van der Waals surface area contributed by atoms with Crippen molar-refractivity contribution in [1.29, 1.82) is 0 Å². The number of hydrogen-bond acceptors (Lipinski definition) is 3. The van der Waals surface area contributed by atoms with Gasteiger partial charge >= 0.3 is 41.7 Å². The zero-order valence-corrected chi connectivity index (χ0v) is 15.9. The topological polar surface area (TPSA) is 83.5 Å². The molecule has 0 rings (SSSR count). The lowest BCUT2D eigenvalue weighted by Gasteiger charge is -2.41. The Morgan fingerprint density at radius 1 is 0.667 bits per heavy atom. The molecule has 0 radical (unpaired) electrons. The second kappa shape index (κ2) is 8.84. The van der Waals surface area contributed by atoms with Gasteiger partial charge in [-0.2, -0.15) is 74.3 Å². The smallest absolute Gasteiger partial charge is 0.355 e. The second-order valence-electron chi connectivity index (χ2n) is 6.21. The van der Waals surface area contributed by atoms with Gasteiger partial charge in [-0.15, -0.1) is 0 Å². The summed E-state index contributed by atoms with van der Waals surface area (Å²) in [5.74, 6) is -50.5. The summed E-state index contributed by atoms with van der Waals surface area (Å²) in [6.45, 7) is -1.06. The Kier molecular flexibility index (Phi) is 8.39. The van der Waals surface area contributed by atoms with Gasteiger partial charge in [0, 0.05) is 19.4 Å². The molecule has 0 aliphatic rings. The fourth-order valence-corrected chi connectivity index (χ4v) is 2.19. The number of hydrogen-bond donors (Lipinski definition) is 2. The van der Waals surface area contributed by atoms with Gasteiger partial charge < -0.3 is 5.32 Å². The van der Waals surface area contributed by atoms with Crippen molar-refractivity contribution in [2.75, 3.05) is 12.3 Å². The predicted octanol–water partition coefficient (Wildman–Crippen LogP) is 4.14. The first-order chi connectivity index (χ1) is 14.1. The monoisotopic (exact) mass is 549 g/mol. The number of halogens is 15. The number of rotatable bonds is 11. The average molecular weight is 549 g/mol. The number of carbonyl (C=O) groups excluding carboxylic acids is 1. The molecule has 21 heteroatoms. The Labute approximate surface area is 173 Å². The molecule has 0 atom stereocenters. The van der Waals surface area contributed by atoms with E-state index in [-0.39, 0.29) is 0 Å². The van der Waals surface area contributed by atoms with Crippen molar-refractivity contribution in [3.05, 3.63) is 0 Å². The van der Waals surface area contributed by atoms with Gasteiger partial charge in [-0.25, -0.2) is 0 Å². The fraction of sp³-hybridized carbons (Fsp3) is 0.917. The molecule has 5 nitrogen and oxygen atoms in total. The first-order valence-electron chi connectivity index (χ1n) is 7.65. The third kappa shape index (κ3) is 5.70. The summed E-state index contributed by atoms with van der Waals surface area (Å²) in [7, 11) is -4.74. The van der Waals surface area contributed by atoms with Crippen LogP contribution in [0.5, 0.6) is 0 Å². The third-order valence-corrected chi connectivity index (χ3v) is 4.46. The Bertz CT molecular complexity index is 821. The highest BCUT2D eigenvalue weighted by molar-refractivity contribution is 7.85. The van der Waals surface area contributed by atoms with Gasteiger partial charge in [0.1, 0.15) is 0 Å². The second-order valence-corrected chi connectivity index (χ2v) is 7.78. The molecular formula is C12H10F15NO4S. The molecule has 0 aromatic heterocycles. The van der Waals surface area contributed by atoms with Crippen LogP contribution in [0.3, 0.4) is 0 Å². The maximum atomic E-state index is 13.5. The molecule has 2 N–H and O–H groups in total. The first kappa shape index (κ1) is 31.3. The summed E-state index contributed by atoms with van der Waals surface area (Å²) in [5, 5.41) is 1.36. The lowest BCUT2D eigenvalue weighted by molar-refractivity contribution is -0.452. The van der Waals surface area contributed by atoms with E-state index in [4.69, 9.17) is 4.55 Å². The Morgan fingerprint density at radius 2 is 1.03 bits per heavy atom. The van der Waals surface area contributed by atoms with Crippen molar-refractivity contribution in [3.8, 4) is 0 Å². The highest BCUT2D eigenvalue weighted by Crippen LogP contribution is 2.62. The van der Waals surface area contributed by atoms with E-state index in [2.05, 4.69) is 0 Å². The van der Waals surface area contributed by atoms with Crippen LogP contribution in [0.25, 0.3) is 0 Å². The summed E-state index contributed by atoms with van der Waals surface area (Å²) in [6.07, 6.45) is -12.6.